The van der Waals surface area contributed by atoms with Crippen LogP contribution in [0.15, 0.2) is 24.5 Å². The molecule has 1 atom stereocenters. The van der Waals surface area contributed by atoms with Crippen molar-refractivity contribution in [3.8, 4) is 0 Å². The summed E-state index contributed by atoms with van der Waals surface area (Å²) in [7, 11) is 0. The summed E-state index contributed by atoms with van der Waals surface area (Å²) in [5, 5.41) is 0. The maximum absolute atomic E-state index is 5.73. The Kier molecular flexibility index (Phi) is 2.13. The van der Waals surface area contributed by atoms with Gasteiger partial charge in [0.2, 0.25) is 0 Å². The van der Waals surface area contributed by atoms with Crippen molar-refractivity contribution in [2.24, 2.45) is 5.73 Å². The molecule has 0 saturated carbocycles. The fourth-order valence-corrected chi connectivity index (χ4v) is 1.50. The van der Waals surface area contributed by atoms with Gasteiger partial charge in [-0.05, 0) is 19.1 Å². The van der Waals surface area contributed by atoms with E-state index in [0.717, 1.165) is 23.4 Å². The topological polar surface area (TPSA) is 69.3 Å². The second-order valence-electron chi connectivity index (χ2n) is 3.61. The van der Waals surface area contributed by atoms with Gasteiger partial charge < -0.3 is 15.9 Å². The van der Waals surface area contributed by atoms with E-state index in [0.29, 0.717) is 0 Å². The maximum atomic E-state index is 5.73. The molecule has 0 aromatic carbocycles. The summed E-state index contributed by atoms with van der Waals surface area (Å²) >= 11 is 0. The maximum Gasteiger partial charge on any atom is 0.114 e. The first-order valence-electron chi connectivity index (χ1n) is 4.64. The average Bonchev–Trinajstić information content (AvgIpc) is 2.47. The van der Waals surface area contributed by atoms with Crippen LogP contribution in [-0.2, 0) is 6.42 Å². The molecule has 4 N–H and O–H groups in total. The predicted molar refractivity (Wildman–Crippen MR) is 57.0 cm³/mol. The molecule has 0 spiro atoms. The van der Waals surface area contributed by atoms with Crippen LogP contribution in [-0.4, -0.2) is 15.4 Å². The minimum atomic E-state index is 0.113. The molecule has 2 aromatic heterocycles. The van der Waals surface area contributed by atoms with Crippen LogP contribution >= 0.6 is 0 Å². The summed E-state index contributed by atoms with van der Waals surface area (Å²) in [6, 6.07) is 3.93. The zero-order chi connectivity index (χ0) is 10.1. The van der Waals surface area contributed by atoms with Gasteiger partial charge in [0.15, 0.2) is 0 Å². The van der Waals surface area contributed by atoms with Crippen molar-refractivity contribution in [2.75, 3.05) is 5.73 Å². The van der Waals surface area contributed by atoms with E-state index in [4.69, 9.17) is 11.5 Å². The monoisotopic (exact) mass is 190 g/mol. The van der Waals surface area contributed by atoms with Gasteiger partial charge in [0.1, 0.15) is 5.82 Å². The molecule has 2 rings (SSSR count). The van der Waals surface area contributed by atoms with Crippen LogP contribution in [0, 0.1) is 0 Å². The molecule has 0 aliphatic heterocycles. The van der Waals surface area contributed by atoms with Crippen LogP contribution in [0.2, 0.25) is 0 Å². The quantitative estimate of drug-likeness (QED) is 0.736. The largest absolute Gasteiger partial charge is 0.398 e. The van der Waals surface area contributed by atoms with Gasteiger partial charge in [-0.1, -0.05) is 0 Å². The van der Waals surface area contributed by atoms with E-state index >= 15 is 0 Å². The number of aromatic nitrogens is 2. The molecule has 2 heterocycles. The third kappa shape index (κ3) is 1.56. The van der Waals surface area contributed by atoms with Crippen molar-refractivity contribution in [3.05, 3.63) is 30.4 Å². The van der Waals surface area contributed by atoms with E-state index in [1.54, 1.807) is 0 Å². The van der Waals surface area contributed by atoms with Crippen molar-refractivity contribution >= 4 is 11.2 Å². The van der Waals surface area contributed by atoms with Crippen LogP contribution in [0.4, 0.5) is 5.69 Å². The third-order valence-corrected chi connectivity index (χ3v) is 2.13. The van der Waals surface area contributed by atoms with Gasteiger partial charge in [-0.3, -0.25) is 0 Å². The Hall–Kier alpha value is -1.55. The molecule has 0 amide bonds. The Morgan fingerprint density at radius 2 is 2.29 bits per heavy atom. The van der Waals surface area contributed by atoms with Crippen molar-refractivity contribution < 1.29 is 0 Å². The highest BCUT2D eigenvalue weighted by Crippen LogP contribution is 2.11. The number of hydrogen-bond acceptors (Lipinski definition) is 3. The average molecular weight is 190 g/mol. The van der Waals surface area contributed by atoms with E-state index in [-0.39, 0.29) is 6.04 Å². The number of anilines is 1. The molecule has 0 aliphatic carbocycles. The first kappa shape index (κ1) is 9.02. The molecule has 4 nitrogen and oxygen atoms in total. The lowest BCUT2D eigenvalue weighted by molar-refractivity contribution is 0.700. The number of nitrogens with two attached hydrogens (primary N) is 2. The number of nitrogen functional groups attached to an aromatic ring is 1. The summed E-state index contributed by atoms with van der Waals surface area (Å²) in [6.45, 7) is 1.97. The Bertz CT molecular complexity index is 444. The SMILES string of the molecule is CC(N)Cc1ncc2ccc(N)cn12. The fraction of sp³-hybridized carbons (Fsp3) is 0.300. The lowest BCUT2D eigenvalue weighted by atomic mass is 10.2. The molecule has 4 heteroatoms. The highest BCUT2D eigenvalue weighted by molar-refractivity contribution is 5.52. The van der Waals surface area contributed by atoms with Crippen molar-refractivity contribution in [1.29, 1.82) is 0 Å². The third-order valence-electron chi connectivity index (χ3n) is 2.13. The molecule has 0 fully saturated rings. The minimum absolute atomic E-state index is 0.113. The highest BCUT2D eigenvalue weighted by Gasteiger charge is 2.05. The number of hydrogen-bond donors (Lipinski definition) is 2. The van der Waals surface area contributed by atoms with Crippen molar-refractivity contribution in [2.45, 2.75) is 19.4 Å². The number of imidazole rings is 1. The van der Waals surface area contributed by atoms with Crippen LogP contribution in [0.5, 0.6) is 0 Å². The van der Waals surface area contributed by atoms with Gasteiger partial charge in [0, 0.05) is 24.3 Å². The van der Waals surface area contributed by atoms with Crippen molar-refractivity contribution in [3.63, 3.8) is 0 Å². The number of rotatable bonds is 2. The van der Waals surface area contributed by atoms with E-state index in [1.807, 2.05) is 35.9 Å². The molecule has 1 unspecified atom stereocenters. The standard InChI is InChI=1S/C10H14N4/c1-7(11)4-10-13-5-9-3-2-8(12)6-14(9)10/h2-3,5-7H,4,11-12H2,1H3. The van der Waals surface area contributed by atoms with Gasteiger partial charge in [0.25, 0.3) is 0 Å². The number of fused-ring (bicyclic) bond motifs is 1. The van der Waals surface area contributed by atoms with Gasteiger partial charge >= 0.3 is 0 Å². The summed E-state index contributed by atoms with van der Waals surface area (Å²) in [6.07, 6.45) is 4.47. The van der Waals surface area contributed by atoms with Gasteiger partial charge in [-0.15, -0.1) is 0 Å². The Morgan fingerprint density at radius 1 is 1.50 bits per heavy atom. The zero-order valence-corrected chi connectivity index (χ0v) is 8.14. The van der Waals surface area contributed by atoms with Crippen LogP contribution in [0.25, 0.3) is 5.52 Å². The first-order valence-corrected chi connectivity index (χ1v) is 4.64. The summed E-state index contributed by atoms with van der Waals surface area (Å²) in [5.74, 6) is 0.960. The van der Waals surface area contributed by atoms with E-state index < -0.39 is 0 Å². The Balaban J connectivity index is 2.50. The lowest BCUT2D eigenvalue weighted by Crippen LogP contribution is -2.19. The van der Waals surface area contributed by atoms with Crippen molar-refractivity contribution in [1.82, 2.24) is 9.38 Å². The van der Waals surface area contributed by atoms with Gasteiger partial charge in [0.05, 0.1) is 11.7 Å². The number of pyridine rings is 1. The smallest absolute Gasteiger partial charge is 0.114 e. The minimum Gasteiger partial charge on any atom is -0.398 e. The zero-order valence-electron chi connectivity index (χ0n) is 8.14. The van der Waals surface area contributed by atoms with E-state index in [1.165, 1.54) is 0 Å². The molecule has 0 saturated heterocycles. The summed E-state index contributed by atoms with van der Waals surface area (Å²) in [4.78, 5) is 4.30. The Morgan fingerprint density at radius 3 is 3.00 bits per heavy atom. The predicted octanol–water partition coefficient (Wildman–Crippen LogP) is 0.806. The van der Waals surface area contributed by atoms with Crippen LogP contribution in [0.3, 0.4) is 0 Å². The molecule has 74 valence electrons. The molecule has 0 radical (unpaired) electrons. The van der Waals surface area contributed by atoms with Gasteiger partial charge in [-0.2, -0.15) is 0 Å². The summed E-state index contributed by atoms with van der Waals surface area (Å²) in [5.41, 5.74) is 13.2. The molecular weight excluding hydrogens is 176 g/mol. The van der Waals surface area contributed by atoms with E-state index in [2.05, 4.69) is 4.98 Å². The second-order valence-corrected chi connectivity index (χ2v) is 3.61. The Labute approximate surface area is 82.5 Å². The molecule has 14 heavy (non-hydrogen) atoms. The van der Waals surface area contributed by atoms with Crippen LogP contribution in [0.1, 0.15) is 12.7 Å². The van der Waals surface area contributed by atoms with E-state index in [9.17, 15) is 0 Å². The van der Waals surface area contributed by atoms with Gasteiger partial charge in [-0.25, -0.2) is 4.98 Å². The summed E-state index contributed by atoms with van der Waals surface area (Å²) < 4.78 is 1.98. The second kappa shape index (κ2) is 3.31. The molecule has 0 bridgehead atoms. The fourth-order valence-electron chi connectivity index (χ4n) is 1.50. The number of nitrogens with zero attached hydrogens (tertiary/aromatic N) is 2. The normalized spacial score (nSPS) is 13.3. The highest BCUT2D eigenvalue weighted by atomic mass is 15.0. The first-order chi connectivity index (χ1) is 6.66. The molecule has 2 aromatic rings. The molecular formula is C10H14N4. The van der Waals surface area contributed by atoms with Crippen LogP contribution < -0.4 is 11.5 Å². The lowest BCUT2D eigenvalue weighted by Gasteiger charge is -2.04. The molecule has 0 aliphatic rings.